The Labute approximate surface area is 128 Å². The van der Waals surface area contributed by atoms with Crippen molar-refractivity contribution in [3.63, 3.8) is 0 Å². The summed E-state index contributed by atoms with van der Waals surface area (Å²) in [6.07, 6.45) is 7.67. The summed E-state index contributed by atoms with van der Waals surface area (Å²) in [6.45, 7) is 0. The molecular weight excluding hydrogens is 293 g/mol. The van der Waals surface area contributed by atoms with Crippen LogP contribution < -0.4 is 0 Å². The number of hydrogen-bond donors (Lipinski definition) is 1. The summed E-state index contributed by atoms with van der Waals surface area (Å²) in [4.78, 5) is 3.99. The minimum Gasteiger partial charge on any atom is -0.388 e. The third-order valence-corrected chi connectivity index (χ3v) is 3.77. The first kappa shape index (κ1) is 14.9. The number of aromatic nitrogens is 1. The highest BCUT2D eigenvalue weighted by molar-refractivity contribution is 6.51. The number of alkyl halides is 2. The van der Waals surface area contributed by atoms with Crippen LogP contribution in [-0.4, -0.2) is 14.4 Å². The second-order valence-corrected chi connectivity index (χ2v) is 5.77. The van der Waals surface area contributed by atoms with Crippen molar-refractivity contribution in [1.82, 2.24) is 4.98 Å². The highest BCUT2D eigenvalue weighted by atomic mass is 35.5. The highest BCUT2D eigenvalue weighted by Gasteiger charge is 2.40. The molecule has 1 heterocycles. The van der Waals surface area contributed by atoms with E-state index >= 15 is 0 Å². The van der Waals surface area contributed by atoms with Gasteiger partial charge in [0, 0.05) is 12.4 Å². The lowest BCUT2D eigenvalue weighted by Gasteiger charge is -2.30. The van der Waals surface area contributed by atoms with Gasteiger partial charge < -0.3 is 5.11 Å². The third kappa shape index (κ3) is 3.13. The third-order valence-electron chi connectivity index (χ3n) is 3.08. The Morgan fingerprint density at radius 2 is 1.75 bits per heavy atom. The molecule has 1 aromatic carbocycles. The number of aliphatic hydroxyl groups is 1. The standard InChI is InChI=1S/C16H13Cl2NO/c1-2-16(17,18)14(12-7-4-3-5-8-12)15(20)13-9-6-10-19-11-13/h1,3-11,14-15,20H. The maximum atomic E-state index is 10.6. The van der Waals surface area contributed by atoms with Gasteiger partial charge in [0.2, 0.25) is 0 Å². The van der Waals surface area contributed by atoms with Gasteiger partial charge in [0.25, 0.3) is 0 Å². The molecule has 1 aromatic heterocycles. The largest absolute Gasteiger partial charge is 0.388 e. The van der Waals surface area contributed by atoms with E-state index in [9.17, 15) is 5.11 Å². The van der Waals surface area contributed by atoms with E-state index in [2.05, 4.69) is 10.9 Å². The van der Waals surface area contributed by atoms with E-state index in [-0.39, 0.29) is 0 Å². The molecule has 0 aliphatic heterocycles. The minimum absolute atomic E-state index is 0.613. The Hall–Kier alpha value is -1.53. The van der Waals surface area contributed by atoms with Gasteiger partial charge in [-0.15, -0.1) is 6.42 Å². The lowest BCUT2D eigenvalue weighted by atomic mass is 9.86. The van der Waals surface area contributed by atoms with Crippen LogP contribution in [0.4, 0.5) is 0 Å². The first-order valence-corrected chi connectivity index (χ1v) is 6.80. The molecule has 0 radical (unpaired) electrons. The van der Waals surface area contributed by atoms with Crippen LogP contribution in [0.1, 0.15) is 23.1 Å². The van der Waals surface area contributed by atoms with Gasteiger partial charge in [-0.05, 0) is 17.2 Å². The Morgan fingerprint density at radius 3 is 2.30 bits per heavy atom. The van der Waals surface area contributed by atoms with Crippen molar-refractivity contribution < 1.29 is 5.11 Å². The van der Waals surface area contributed by atoms with Crippen molar-refractivity contribution in [1.29, 1.82) is 0 Å². The van der Waals surface area contributed by atoms with Crippen LogP contribution in [0.5, 0.6) is 0 Å². The van der Waals surface area contributed by atoms with E-state index in [0.717, 1.165) is 5.56 Å². The SMILES string of the molecule is C#CC(Cl)(Cl)C(c1ccccc1)C(O)c1cccnc1. The number of rotatable bonds is 4. The molecule has 2 rings (SSSR count). The Balaban J connectivity index is 2.46. The summed E-state index contributed by atoms with van der Waals surface area (Å²) >= 11 is 12.4. The van der Waals surface area contributed by atoms with Crippen LogP contribution in [-0.2, 0) is 0 Å². The molecule has 0 fully saturated rings. The van der Waals surface area contributed by atoms with Gasteiger partial charge in [-0.2, -0.15) is 0 Å². The number of aliphatic hydroxyl groups excluding tert-OH is 1. The number of hydrogen-bond acceptors (Lipinski definition) is 2. The monoisotopic (exact) mass is 305 g/mol. The number of nitrogens with zero attached hydrogens (tertiary/aromatic N) is 1. The number of benzene rings is 1. The molecule has 1 N–H and O–H groups in total. The van der Waals surface area contributed by atoms with Crippen LogP contribution in [0, 0.1) is 12.3 Å². The van der Waals surface area contributed by atoms with Gasteiger partial charge in [-0.25, -0.2) is 0 Å². The fourth-order valence-corrected chi connectivity index (χ4v) is 2.57. The molecule has 4 heteroatoms. The van der Waals surface area contributed by atoms with E-state index in [0.29, 0.717) is 5.56 Å². The average Bonchev–Trinajstić information content (AvgIpc) is 2.49. The normalized spacial score (nSPS) is 14.3. The van der Waals surface area contributed by atoms with Crippen LogP contribution >= 0.6 is 23.2 Å². The van der Waals surface area contributed by atoms with Crippen molar-refractivity contribution in [3.8, 4) is 12.3 Å². The van der Waals surface area contributed by atoms with Gasteiger partial charge in [-0.3, -0.25) is 4.98 Å². The second kappa shape index (κ2) is 6.28. The van der Waals surface area contributed by atoms with Crippen LogP contribution in [0.3, 0.4) is 0 Å². The van der Waals surface area contributed by atoms with E-state index in [1.165, 1.54) is 0 Å². The molecule has 2 unspecified atom stereocenters. The summed E-state index contributed by atoms with van der Waals surface area (Å²) < 4.78 is -1.52. The molecule has 0 aliphatic carbocycles. The maximum absolute atomic E-state index is 10.6. The Bertz CT molecular complexity index is 593. The van der Waals surface area contributed by atoms with Crippen LogP contribution in [0.25, 0.3) is 0 Å². The zero-order valence-corrected chi connectivity index (χ0v) is 12.1. The molecule has 2 aromatic rings. The fourth-order valence-electron chi connectivity index (χ4n) is 2.08. The molecule has 20 heavy (non-hydrogen) atoms. The van der Waals surface area contributed by atoms with Crippen molar-refractivity contribution >= 4 is 23.2 Å². The smallest absolute Gasteiger partial charge is 0.187 e. The zero-order valence-electron chi connectivity index (χ0n) is 10.6. The molecule has 2 atom stereocenters. The molecule has 0 amide bonds. The lowest BCUT2D eigenvalue weighted by molar-refractivity contribution is 0.143. The molecule has 0 bridgehead atoms. The van der Waals surface area contributed by atoms with Gasteiger partial charge in [0.05, 0.1) is 12.0 Å². The van der Waals surface area contributed by atoms with Gasteiger partial charge in [0.15, 0.2) is 4.33 Å². The number of terminal acetylenes is 1. The van der Waals surface area contributed by atoms with Gasteiger partial charge in [-0.1, -0.05) is 65.5 Å². The first-order chi connectivity index (χ1) is 9.56. The van der Waals surface area contributed by atoms with Gasteiger partial charge in [0.1, 0.15) is 0 Å². The summed E-state index contributed by atoms with van der Waals surface area (Å²) in [5.41, 5.74) is 1.38. The van der Waals surface area contributed by atoms with E-state index < -0.39 is 16.4 Å². The predicted octanol–water partition coefficient (Wildman–Crippen LogP) is 3.71. The molecule has 2 nitrogen and oxygen atoms in total. The van der Waals surface area contributed by atoms with Crippen LogP contribution in [0.15, 0.2) is 54.9 Å². The fraction of sp³-hybridized carbons (Fsp3) is 0.188. The van der Waals surface area contributed by atoms with E-state index in [1.54, 1.807) is 24.5 Å². The molecule has 102 valence electrons. The quantitative estimate of drug-likeness (QED) is 0.690. The molecule has 0 aliphatic rings. The lowest BCUT2D eigenvalue weighted by Crippen LogP contribution is -2.28. The van der Waals surface area contributed by atoms with Gasteiger partial charge >= 0.3 is 0 Å². The van der Waals surface area contributed by atoms with E-state index in [1.807, 2.05) is 30.3 Å². The van der Waals surface area contributed by atoms with Crippen molar-refractivity contribution in [2.45, 2.75) is 16.4 Å². The molecule has 0 saturated heterocycles. The summed E-state index contributed by atoms with van der Waals surface area (Å²) in [6, 6.07) is 12.7. The first-order valence-electron chi connectivity index (χ1n) is 6.05. The maximum Gasteiger partial charge on any atom is 0.187 e. The number of halogens is 2. The second-order valence-electron chi connectivity index (χ2n) is 4.39. The van der Waals surface area contributed by atoms with Crippen LogP contribution in [0.2, 0.25) is 0 Å². The van der Waals surface area contributed by atoms with E-state index in [4.69, 9.17) is 29.6 Å². The number of pyridine rings is 1. The minimum atomic E-state index is -1.52. The molecular formula is C16H13Cl2NO. The van der Waals surface area contributed by atoms with Crippen molar-refractivity contribution in [2.24, 2.45) is 0 Å². The van der Waals surface area contributed by atoms with Crippen molar-refractivity contribution in [3.05, 3.63) is 66.0 Å². The molecule has 0 spiro atoms. The Kier molecular flexibility index (Phi) is 4.67. The Morgan fingerprint density at radius 1 is 1.10 bits per heavy atom. The molecule has 0 saturated carbocycles. The van der Waals surface area contributed by atoms with Crippen molar-refractivity contribution in [2.75, 3.05) is 0 Å². The highest BCUT2D eigenvalue weighted by Crippen LogP contribution is 2.45. The average molecular weight is 306 g/mol. The predicted molar refractivity (Wildman–Crippen MR) is 81.6 cm³/mol. The summed E-state index contributed by atoms with van der Waals surface area (Å²) in [7, 11) is 0. The summed E-state index contributed by atoms with van der Waals surface area (Å²) in [5, 5.41) is 10.6. The zero-order chi connectivity index (χ0) is 14.6. The summed E-state index contributed by atoms with van der Waals surface area (Å²) in [5.74, 6) is 1.69. The topological polar surface area (TPSA) is 33.1 Å².